The molecule has 0 aliphatic heterocycles. The van der Waals surface area contributed by atoms with Gasteiger partial charge >= 0.3 is 0 Å². The molecule has 0 heterocycles. The van der Waals surface area contributed by atoms with E-state index in [0.717, 1.165) is 15.8 Å². The molecule has 0 saturated heterocycles. The van der Waals surface area contributed by atoms with Crippen LogP contribution in [0.25, 0.3) is 0 Å². The number of methoxy groups -OCH3 is 1. The standard InChI is InChI=1S/C17H15BrCl2O/c1-10-7-12(9-13(18)8-10)16-15(17(16,19)20)11-3-5-14(21-2)6-4-11/h3-9,15-16H,1-2H3. The third kappa shape index (κ3) is 2.81. The van der Waals surface area contributed by atoms with Gasteiger partial charge in [-0.3, -0.25) is 0 Å². The highest BCUT2D eigenvalue weighted by atomic mass is 79.9. The Hall–Kier alpha value is -0.700. The van der Waals surface area contributed by atoms with Gasteiger partial charge in [-0.1, -0.05) is 34.1 Å². The van der Waals surface area contributed by atoms with Gasteiger partial charge in [0, 0.05) is 16.3 Å². The van der Waals surface area contributed by atoms with Crippen molar-refractivity contribution in [1.82, 2.24) is 0 Å². The van der Waals surface area contributed by atoms with Crippen molar-refractivity contribution >= 4 is 39.1 Å². The topological polar surface area (TPSA) is 9.23 Å². The predicted octanol–water partition coefficient (Wildman–Crippen LogP) is 5.82. The molecule has 1 fully saturated rings. The summed E-state index contributed by atoms with van der Waals surface area (Å²) in [6.07, 6.45) is 0. The molecule has 2 aromatic carbocycles. The number of halogens is 3. The summed E-state index contributed by atoms with van der Waals surface area (Å²) in [4.78, 5) is 0. The van der Waals surface area contributed by atoms with Crippen LogP contribution in [0.1, 0.15) is 28.5 Å². The minimum Gasteiger partial charge on any atom is -0.497 e. The second-order valence-corrected chi connectivity index (χ2v) is 7.82. The van der Waals surface area contributed by atoms with E-state index in [-0.39, 0.29) is 11.8 Å². The maximum absolute atomic E-state index is 6.54. The van der Waals surface area contributed by atoms with Crippen molar-refractivity contribution in [2.24, 2.45) is 0 Å². The van der Waals surface area contributed by atoms with Crippen LogP contribution >= 0.6 is 39.1 Å². The summed E-state index contributed by atoms with van der Waals surface area (Å²) in [6.45, 7) is 2.07. The van der Waals surface area contributed by atoms with Gasteiger partial charge in [-0.25, -0.2) is 0 Å². The summed E-state index contributed by atoms with van der Waals surface area (Å²) in [5.41, 5.74) is 3.51. The molecule has 1 nitrogen and oxygen atoms in total. The average molecular weight is 386 g/mol. The Morgan fingerprint density at radius 3 is 2.19 bits per heavy atom. The fourth-order valence-corrected chi connectivity index (χ4v) is 4.42. The van der Waals surface area contributed by atoms with Crippen LogP contribution in [0.4, 0.5) is 0 Å². The zero-order chi connectivity index (χ0) is 15.2. The zero-order valence-corrected chi connectivity index (χ0v) is 14.8. The second kappa shape index (κ2) is 5.49. The van der Waals surface area contributed by atoms with Crippen molar-refractivity contribution in [3.05, 3.63) is 63.6 Å². The molecule has 0 spiro atoms. The number of alkyl halides is 2. The van der Waals surface area contributed by atoms with E-state index in [4.69, 9.17) is 27.9 Å². The first-order valence-electron chi connectivity index (χ1n) is 6.72. The summed E-state index contributed by atoms with van der Waals surface area (Å²) in [7, 11) is 1.66. The third-order valence-electron chi connectivity index (χ3n) is 3.95. The van der Waals surface area contributed by atoms with Crippen molar-refractivity contribution < 1.29 is 4.74 Å². The van der Waals surface area contributed by atoms with Gasteiger partial charge in [0.1, 0.15) is 10.1 Å². The molecule has 2 atom stereocenters. The number of rotatable bonds is 3. The highest BCUT2D eigenvalue weighted by Gasteiger charge is 2.64. The lowest BCUT2D eigenvalue weighted by Gasteiger charge is -2.04. The van der Waals surface area contributed by atoms with Gasteiger partial charge in [0.05, 0.1) is 7.11 Å². The van der Waals surface area contributed by atoms with E-state index >= 15 is 0 Å². The minimum atomic E-state index is -0.748. The predicted molar refractivity (Wildman–Crippen MR) is 91.8 cm³/mol. The van der Waals surface area contributed by atoms with Crippen LogP contribution in [0.2, 0.25) is 0 Å². The van der Waals surface area contributed by atoms with E-state index in [1.807, 2.05) is 24.3 Å². The van der Waals surface area contributed by atoms with Gasteiger partial charge in [0.15, 0.2) is 0 Å². The van der Waals surface area contributed by atoms with Crippen molar-refractivity contribution in [1.29, 1.82) is 0 Å². The highest BCUT2D eigenvalue weighted by molar-refractivity contribution is 9.10. The lowest BCUT2D eigenvalue weighted by molar-refractivity contribution is 0.414. The molecule has 4 heteroatoms. The quantitative estimate of drug-likeness (QED) is 0.604. The van der Waals surface area contributed by atoms with Gasteiger partial charge in [-0.15, -0.1) is 23.2 Å². The molecule has 3 rings (SSSR count). The Labute approximate surface area is 143 Å². The molecular formula is C17H15BrCl2O. The molecule has 110 valence electrons. The van der Waals surface area contributed by atoms with Gasteiger partial charge in [-0.2, -0.15) is 0 Å². The Morgan fingerprint density at radius 2 is 1.62 bits per heavy atom. The summed E-state index contributed by atoms with van der Waals surface area (Å²) in [5.74, 6) is 1.06. The first kappa shape index (κ1) is 15.2. The molecular weight excluding hydrogens is 371 g/mol. The average Bonchev–Trinajstić information content (AvgIpc) is 3.00. The van der Waals surface area contributed by atoms with Crippen molar-refractivity contribution in [3.8, 4) is 5.75 Å². The second-order valence-electron chi connectivity index (χ2n) is 5.46. The Balaban J connectivity index is 1.93. The van der Waals surface area contributed by atoms with Gasteiger partial charge < -0.3 is 4.74 Å². The third-order valence-corrected chi connectivity index (χ3v) is 5.35. The van der Waals surface area contributed by atoms with Crippen LogP contribution in [0.3, 0.4) is 0 Å². The maximum atomic E-state index is 6.54. The molecule has 0 amide bonds. The van der Waals surface area contributed by atoms with Crippen LogP contribution in [-0.4, -0.2) is 11.4 Å². The summed E-state index contributed by atoms with van der Waals surface area (Å²) < 4.78 is 5.50. The van der Waals surface area contributed by atoms with E-state index < -0.39 is 4.33 Å². The largest absolute Gasteiger partial charge is 0.497 e. The first-order chi connectivity index (χ1) is 9.93. The van der Waals surface area contributed by atoms with Crippen LogP contribution in [-0.2, 0) is 0 Å². The number of hydrogen-bond donors (Lipinski definition) is 0. The fourth-order valence-electron chi connectivity index (χ4n) is 2.91. The van der Waals surface area contributed by atoms with E-state index in [9.17, 15) is 0 Å². The van der Waals surface area contributed by atoms with Gasteiger partial charge in [0.25, 0.3) is 0 Å². The summed E-state index contributed by atoms with van der Waals surface area (Å²) in [6, 6.07) is 14.3. The van der Waals surface area contributed by atoms with E-state index in [1.54, 1.807) is 7.11 Å². The van der Waals surface area contributed by atoms with Crippen LogP contribution < -0.4 is 4.74 Å². The van der Waals surface area contributed by atoms with E-state index in [2.05, 4.69) is 41.1 Å². The smallest absolute Gasteiger partial charge is 0.133 e. The molecule has 1 saturated carbocycles. The van der Waals surface area contributed by atoms with Crippen molar-refractivity contribution in [2.45, 2.75) is 23.1 Å². The Morgan fingerprint density at radius 1 is 1.00 bits per heavy atom. The molecule has 21 heavy (non-hydrogen) atoms. The minimum absolute atomic E-state index is 0.112. The lowest BCUT2D eigenvalue weighted by atomic mass is 10.0. The number of aryl methyl sites for hydroxylation is 1. The highest BCUT2D eigenvalue weighted by Crippen LogP contribution is 2.70. The molecule has 1 aliphatic carbocycles. The summed E-state index contributed by atoms with van der Waals surface area (Å²) >= 11 is 16.6. The summed E-state index contributed by atoms with van der Waals surface area (Å²) in [5, 5.41) is 0. The molecule has 1 aliphatic rings. The molecule has 0 aromatic heterocycles. The van der Waals surface area contributed by atoms with Crippen LogP contribution in [0.5, 0.6) is 5.75 Å². The molecule has 0 N–H and O–H groups in total. The molecule has 2 unspecified atom stereocenters. The van der Waals surface area contributed by atoms with Crippen LogP contribution in [0, 0.1) is 6.92 Å². The molecule has 2 aromatic rings. The fraction of sp³-hybridized carbons (Fsp3) is 0.294. The van der Waals surface area contributed by atoms with Crippen LogP contribution in [0.15, 0.2) is 46.9 Å². The molecule has 0 radical (unpaired) electrons. The Kier molecular flexibility index (Phi) is 3.98. The Bertz CT molecular complexity index is 647. The van der Waals surface area contributed by atoms with Crippen molar-refractivity contribution in [3.63, 3.8) is 0 Å². The zero-order valence-electron chi connectivity index (χ0n) is 11.7. The normalized spacial score (nSPS) is 22.9. The lowest BCUT2D eigenvalue weighted by Crippen LogP contribution is -1.91. The SMILES string of the molecule is COc1ccc(C2C(c3cc(C)cc(Br)c3)C2(Cl)Cl)cc1. The first-order valence-corrected chi connectivity index (χ1v) is 8.27. The van der Waals surface area contributed by atoms with E-state index in [0.29, 0.717) is 0 Å². The number of ether oxygens (including phenoxy) is 1. The monoisotopic (exact) mass is 384 g/mol. The van der Waals surface area contributed by atoms with E-state index in [1.165, 1.54) is 11.1 Å². The van der Waals surface area contributed by atoms with Gasteiger partial charge in [-0.05, 0) is 47.9 Å². The van der Waals surface area contributed by atoms with Gasteiger partial charge in [0.2, 0.25) is 0 Å². The molecule has 0 bridgehead atoms. The number of benzene rings is 2. The number of hydrogen-bond acceptors (Lipinski definition) is 1. The van der Waals surface area contributed by atoms with Crippen molar-refractivity contribution in [2.75, 3.05) is 7.11 Å². The maximum Gasteiger partial charge on any atom is 0.133 e.